The van der Waals surface area contributed by atoms with Crippen molar-refractivity contribution in [3.05, 3.63) is 17.7 Å². The number of nitrogens with two attached hydrogens (primary N) is 1. The molecule has 1 rings (SSSR count). The van der Waals surface area contributed by atoms with Gasteiger partial charge in [0.25, 0.3) is 5.91 Å². The smallest absolute Gasteiger partial charge is 0.387 e. The summed E-state index contributed by atoms with van der Waals surface area (Å²) in [5, 5.41) is 2.86. The lowest BCUT2D eigenvalue weighted by Crippen LogP contribution is -2.55. The minimum atomic E-state index is -3.05. The van der Waals surface area contributed by atoms with Gasteiger partial charge in [0.05, 0.1) is 19.8 Å². The molecule has 3 N–H and O–H groups in total. The van der Waals surface area contributed by atoms with E-state index in [2.05, 4.69) is 10.1 Å². The fourth-order valence-corrected chi connectivity index (χ4v) is 1.98. The molecule has 0 bridgehead atoms. The van der Waals surface area contributed by atoms with Crippen molar-refractivity contribution >= 4 is 5.91 Å². The Morgan fingerprint density at radius 3 is 2.08 bits per heavy atom. The van der Waals surface area contributed by atoms with Crippen molar-refractivity contribution in [1.29, 1.82) is 0 Å². The highest BCUT2D eigenvalue weighted by molar-refractivity contribution is 5.96. The maximum Gasteiger partial charge on any atom is 0.387 e. The number of alkyl halides is 2. The van der Waals surface area contributed by atoms with E-state index in [4.69, 9.17) is 15.2 Å². The molecule has 24 heavy (non-hydrogen) atoms. The summed E-state index contributed by atoms with van der Waals surface area (Å²) in [6, 6.07) is 2.62. The third kappa shape index (κ3) is 4.47. The molecule has 6 nitrogen and oxygen atoms in total. The molecule has 0 aliphatic heterocycles. The molecule has 0 saturated carbocycles. The molecule has 0 saturated heterocycles. The van der Waals surface area contributed by atoms with Crippen molar-refractivity contribution in [2.45, 2.75) is 32.9 Å². The van der Waals surface area contributed by atoms with Crippen LogP contribution in [0, 0.1) is 5.92 Å². The van der Waals surface area contributed by atoms with Gasteiger partial charge in [0, 0.05) is 12.1 Å². The lowest BCUT2D eigenvalue weighted by atomic mass is 9.88. The van der Waals surface area contributed by atoms with Crippen LogP contribution in [0.3, 0.4) is 0 Å². The molecule has 0 spiro atoms. The zero-order chi connectivity index (χ0) is 18.5. The standard InChI is InChI=1S/C16H24F2N2O4/c1-9(2)16(3,8-19)20-14(21)10-6-11(22-4)13(24-15(17)18)12(7-10)23-5/h6-7,9,15H,8,19H2,1-5H3,(H,20,21). The number of nitrogens with one attached hydrogen (secondary N) is 1. The first kappa shape index (κ1) is 20.0. The topological polar surface area (TPSA) is 82.8 Å². The Kier molecular flexibility index (Phi) is 6.77. The van der Waals surface area contributed by atoms with E-state index < -0.39 is 18.1 Å². The van der Waals surface area contributed by atoms with Crippen molar-refractivity contribution < 1.29 is 27.8 Å². The molecule has 1 aromatic rings. The Hall–Kier alpha value is -2.09. The van der Waals surface area contributed by atoms with Crippen molar-refractivity contribution in [3.63, 3.8) is 0 Å². The monoisotopic (exact) mass is 346 g/mol. The Bertz CT molecular complexity index is 556. The maximum absolute atomic E-state index is 12.5. The number of carbonyl (C=O) groups is 1. The third-order valence-corrected chi connectivity index (χ3v) is 4.03. The third-order valence-electron chi connectivity index (χ3n) is 4.03. The normalized spacial score (nSPS) is 13.6. The van der Waals surface area contributed by atoms with Crippen LogP contribution in [0.25, 0.3) is 0 Å². The summed E-state index contributed by atoms with van der Waals surface area (Å²) in [7, 11) is 2.57. The molecule has 1 atom stereocenters. The Balaban J connectivity index is 3.23. The van der Waals surface area contributed by atoms with E-state index in [1.807, 2.05) is 20.8 Å². The first-order valence-corrected chi connectivity index (χ1v) is 7.42. The quantitative estimate of drug-likeness (QED) is 0.755. The average molecular weight is 346 g/mol. The Morgan fingerprint density at radius 1 is 1.25 bits per heavy atom. The fraction of sp³-hybridized carbons (Fsp3) is 0.562. The highest BCUT2D eigenvalue weighted by Crippen LogP contribution is 2.39. The van der Waals surface area contributed by atoms with Crippen LogP contribution >= 0.6 is 0 Å². The second-order valence-corrected chi connectivity index (χ2v) is 5.82. The minimum Gasteiger partial charge on any atom is -0.493 e. The molecule has 1 amide bonds. The molecule has 0 heterocycles. The highest BCUT2D eigenvalue weighted by atomic mass is 19.3. The SMILES string of the molecule is COc1cc(C(=O)NC(C)(CN)C(C)C)cc(OC)c1OC(F)F. The van der Waals surface area contributed by atoms with Crippen molar-refractivity contribution in [3.8, 4) is 17.2 Å². The summed E-state index contributed by atoms with van der Waals surface area (Å²) < 4.78 is 39.6. The number of hydrogen-bond donors (Lipinski definition) is 2. The van der Waals surface area contributed by atoms with E-state index in [9.17, 15) is 13.6 Å². The summed E-state index contributed by atoms with van der Waals surface area (Å²) in [4.78, 5) is 12.5. The second kappa shape index (κ2) is 8.14. The average Bonchev–Trinajstić information content (AvgIpc) is 2.53. The van der Waals surface area contributed by atoms with Crippen LogP contribution in [0.5, 0.6) is 17.2 Å². The Morgan fingerprint density at radius 2 is 1.75 bits per heavy atom. The lowest BCUT2D eigenvalue weighted by Gasteiger charge is -2.33. The van der Waals surface area contributed by atoms with Gasteiger partial charge in [-0.3, -0.25) is 4.79 Å². The fourth-order valence-electron chi connectivity index (χ4n) is 1.98. The molecule has 0 aliphatic carbocycles. The summed E-state index contributed by atoms with van der Waals surface area (Å²) in [5.74, 6) is -0.650. The number of carbonyl (C=O) groups excluding carboxylic acids is 1. The van der Waals surface area contributed by atoms with E-state index in [0.29, 0.717) is 0 Å². The first-order chi connectivity index (χ1) is 11.2. The molecule has 8 heteroatoms. The second-order valence-electron chi connectivity index (χ2n) is 5.82. The summed E-state index contributed by atoms with van der Waals surface area (Å²) in [5.41, 5.74) is 5.33. The van der Waals surface area contributed by atoms with Crippen molar-refractivity contribution in [1.82, 2.24) is 5.32 Å². The number of halogens is 2. The molecule has 136 valence electrons. The largest absolute Gasteiger partial charge is 0.493 e. The van der Waals surface area contributed by atoms with Crippen LogP contribution < -0.4 is 25.3 Å². The van der Waals surface area contributed by atoms with Gasteiger partial charge in [-0.2, -0.15) is 8.78 Å². The van der Waals surface area contributed by atoms with Crippen molar-refractivity contribution in [2.24, 2.45) is 11.7 Å². The van der Waals surface area contributed by atoms with Gasteiger partial charge >= 0.3 is 6.61 Å². The van der Waals surface area contributed by atoms with Crippen LogP contribution in [0.2, 0.25) is 0 Å². The van der Waals surface area contributed by atoms with Gasteiger partial charge in [0.15, 0.2) is 11.5 Å². The molecule has 0 fully saturated rings. The minimum absolute atomic E-state index is 0.0289. The van der Waals surface area contributed by atoms with Crippen LogP contribution in [0.1, 0.15) is 31.1 Å². The number of rotatable bonds is 8. The van der Waals surface area contributed by atoms with Gasteiger partial charge in [-0.1, -0.05) is 13.8 Å². The van der Waals surface area contributed by atoms with Gasteiger partial charge in [0.1, 0.15) is 0 Å². The Labute approximate surface area is 140 Å². The molecular weight excluding hydrogens is 322 g/mol. The molecule has 0 radical (unpaired) electrons. The molecular formula is C16H24F2N2O4. The van der Waals surface area contributed by atoms with Crippen LogP contribution in [0.15, 0.2) is 12.1 Å². The summed E-state index contributed by atoms with van der Waals surface area (Å²) in [6.45, 7) is 2.91. The molecule has 1 aromatic carbocycles. The van der Waals surface area contributed by atoms with Gasteiger partial charge in [0.2, 0.25) is 5.75 Å². The van der Waals surface area contributed by atoms with Crippen LogP contribution in [-0.4, -0.2) is 38.8 Å². The molecule has 1 unspecified atom stereocenters. The predicted octanol–water partition coefficient (Wildman–Crippen LogP) is 2.41. The highest BCUT2D eigenvalue weighted by Gasteiger charge is 2.30. The zero-order valence-electron chi connectivity index (χ0n) is 14.5. The van der Waals surface area contributed by atoms with E-state index in [1.165, 1.54) is 26.4 Å². The van der Waals surface area contributed by atoms with E-state index in [-0.39, 0.29) is 35.3 Å². The van der Waals surface area contributed by atoms with Crippen LogP contribution in [0.4, 0.5) is 8.78 Å². The van der Waals surface area contributed by atoms with Gasteiger partial charge in [-0.15, -0.1) is 0 Å². The van der Waals surface area contributed by atoms with Crippen molar-refractivity contribution in [2.75, 3.05) is 20.8 Å². The number of amides is 1. The summed E-state index contributed by atoms with van der Waals surface area (Å²) >= 11 is 0. The number of hydrogen-bond acceptors (Lipinski definition) is 5. The van der Waals surface area contributed by atoms with Gasteiger partial charge in [-0.25, -0.2) is 0 Å². The predicted molar refractivity (Wildman–Crippen MR) is 85.9 cm³/mol. The molecule has 0 aromatic heterocycles. The van der Waals surface area contributed by atoms with E-state index in [1.54, 1.807) is 0 Å². The van der Waals surface area contributed by atoms with Gasteiger partial charge in [-0.05, 0) is 25.0 Å². The summed E-state index contributed by atoms with van der Waals surface area (Å²) in [6.07, 6.45) is 0. The zero-order valence-corrected chi connectivity index (χ0v) is 14.5. The van der Waals surface area contributed by atoms with E-state index >= 15 is 0 Å². The van der Waals surface area contributed by atoms with Crippen LogP contribution in [-0.2, 0) is 0 Å². The molecule has 0 aliphatic rings. The lowest BCUT2D eigenvalue weighted by molar-refractivity contribution is -0.0526. The maximum atomic E-state index is 12.5. The number of benzene rings is 1. The number of ether oxygens (including phenoxy) is 3. The van der Waals surface area contributed by atoms with E-state index in [0.717, 1.165) is 0 Å². The van der Waals surface area contributed by atoms with Gasteiger partial charge < -0.3 is 25.3 Å². The number of methoxy groups -OCH3 is 2. The first-order valence-electron chi connectivity index (χ1n) is 7.42.